The number of carbonyl (C=O) groups is 2. The molecule has 0 amide bonds. The lowest BCUT2D eigenvalue weighted by atomic mass is 10.1. The molecule has 160 valence electrons. The third-order valence-electron chi connectivity index (χ3n) is 4.40. The average molecular weight is 422 g/mol. The normalized spacial score (nSPS) is 10.3. The van der Waals surface area contributed by atoms with Crippen molar-refractivity contribution in [2.24, 2.45) is 0 Å². The number of phenols is 1. The Morgan fingerprint density at radius 2 is 1.06 bits per heavy atom. The molecule has 31 heavy (non-hydrogen) atoms. The van der Waals surface area contributed by atoms with Crippen molar-refractivity contribution in [3.63, 3.8) is 0 Å². The van der Waals surface area contributed by atoms with Crippen LogP contribution in [0.1, 0.15) is 31.8 Å². The molecule has 3 aromatic rings. The third-order valence-corrected chi connectivity index (χ3v) is 4.40. The number of phenolic OH excluding ortho intramolecular Hbond substituents is 1. The zero-order valence-corrected chi connectivity index (χ0v) is 17.2. The maximum atomic E-state index is 11.5. The molecule has 0 saturated heterocycles. The van der Waals surface area contributed by atoms with Crippen LogP contribution in [-0.2, 0) is 22.7 Å². The van der Waals surface area contributed by atoms with Crippen LogP contribution in [-0.4, -0.2) is 31.3 Å². The Labute approximate surface area is 179 Å². The summed E-state index contributed by atoms with van der Waals surface area (Å²) in [6.45, 7) is 0.458. The molecule has 0 unspecified atom stereocenters. The molecule has 0 aliphatic carbocycles. The average Bonchev–Trinajstić information content (AvgIpc) is 2.80. The van der Waals surface area contributed by atoms with E-state index in [-0.39, 0.29) is 19.0 Å². The number of hydrogen-bond donors (Lipinski definition) is 1. The van der Waals surface area contributed by atoms with E-state index in [0.717, 1.165) is 11.1 Å². The highest BCUT2D eigenvalue weighted by atomic mass is 16.5. The smallest absolute Gasteiger partial charge is 0.337 e. The first-order valence-corrected chi connectivity index (χ1v) is 9.42. The summed E-state index contributed by atoms with van der Waals surface area (Å²) in [5.74, 6) is 0.439. The minimum Gasteiger partial charge on any atom is -0.508 e. The fourth-order valence-corrected chi connectivity index (χ4v) is 2.85. The minimum atomic E-state index is -0.413. The number of aromatic hydroxyl groups is 1. The van der Waals surface area contributed by atoms with Gasteiger partial charge in [-0.2, -0.15) is 0 Å². The molecule has 0 radical (unpaired) electrons. The molecule has 0 aromatic heterocycles. The summed E-state index contributed by atoms with van der Waals surface area (Å²) < 4.78 is 20.8. The van der Waals surface area contributed by atoms with Gasteiger partial charge in [-0.25, -0.2) is 9.59 Å². The van der Waals surface area contributed by atoms with Gasteiger partial charge in [0.15, 0.2) is 0 Å². The molecule has 0 aliphatic rings. The van der Waals surface area contributed by atoms with Gasteiger partial charge in [0.05, 0.1) is 25.3 Å². The van der Waals surface area contributed by atoms with Crippen LogP contribution in [0.3, 0.4) is 0 Å². The first-order valence-electron chi connectivity index (χ1n) is 9.42. The van der Waals surface area contributed by atoms with Gasteiger partial charge < -0.3 is 24.1 Å². The van der Waals surface area contributed by atoms with Gasteiger partial charge in [0.1, 0.15) is 30.5 Å². The molecule has 7 heteroatoms. The molecular weight excluding hydrogens is 400 g/mol. The SMILES string of the molecule is COC(=O)c1ccc(OCc2cc(O)cc(COc3ccc(C(=O)OC)cc3)c2)cc1. The first-order chi connectivity index (χ1) is 15.0. The Balaban J connectivity index is 1.59. The van der Waals surface area contributed by atoms with Gasteiger partial charge in [-0.3, -0.25) is 0 Å². The summed E-state index contributed by atoms with van der Waals surface area (Å²) in [5.41, 5.74) is 2.39. The Hall–Kier alpha value is -4.00. The third kappa shape index (κ3) is 5.99. The van der Waals surface area contributed by atoms with Gasteiger partial charge in [0.25, 0.3) is 0 Å². The van der Waals surface area contributed by atoms with Crippen molar-refractivity contribution in [3.05, 3.63) is 89.0 Å². The van der Waals surface area contributed by atoms with E-state index in [4.69, 9.17) is 9.47 Å². The highest BCUT2D eigenvalue weighted by molar-refractivity contribution is 5.89. The second-order valence-electron chi connectivity index (χ2n) is 6.62. The zero-order chi connectivity index (χ0) is 22.2. The van der Waals surface area contributed by atoms with Crippen LogP contribution in [0.2, 0.25) is 0 Å². The van der Waals surface area contributed by atoms with Crippen molar-refractivity contribution in [3.8, 4) is 17.2 Å². The summed E-state index contributed by atoms with van der Waals surface area (Å²) in [7, 11) is 2.65. The summed E-state index contributed by atoms with van der Waals surface area (Å²) in [5, 5.41) is 10.0. The van der Waals surface area contributed by atoms with Crippen molar-refractivity contribution < 1.29 is 33.6 Å². The second-order valence-corrected chi connectivity index (χ2v) is 6.62. The summed E-state index contributed by atoms with van der Waals surface area (Å²) >= 11 is 0. The fraction of sp³-hybridized carbons (Fsp3) is 0.167. The topological polar surface area (TPSA) is 91.3 Å². The van der Waals surface area contributed by atoms with Gasteiger partial charge in [-0.1, -0.05) is 0 Å². The van der Waals surface area contributed by atoms with Crippen LogP contribution in [0.15, 0.2) is 66.7 Å². The molecule has 0 atom stereocenters. The van der Waals surface area contributed by atoms with Crippen LogP contribution in [0.25, 0.3) is 0 Å². The predicted octanol–water partition coefficient (Wildman–Crippen LogP) is 4.12. The van der Waals surface area contributed by atoms with E-state index >= 15 is 0 Å². The van der Waals surface area contributed by atoms with Crippen LogP contribution in [0.5, 0.6) is 17.2 Å². The molecule has 0 bridgehead atoms. The quantitative estimate of drug-likeness (QED) is 0.546. The van der Waals surface area contributed by atoms with Gasteiger partial charge in [0, 0.05) is 0 Å². The molecule has 1 N–H and O–H groups in total. The van der Waals surface area contributed by atoms with Crippen LogP contribution in [0, 0.1) is 0 Å². The number of methoxy groups -OCH3 is 2. The number of carbonyl (C=O) groups excluding carboxylic acids is 2. The van der Waals surface area contributed by atoms with Gasteiger partial charge in [-0.15, -0.1) is 0 Å². The first kappa shape index (κ1) is 21.7. The van der Waals surface area contributed by atoms with E-state index in [1.807, 2.05) is 6.07 Å². The highest BCUT2D eigenvalue weighted by Gasteiger charge is 2.07. The minimum absolute atomic E-state index is 0.0989. The van der Waals surface area contributed by atoms with Crippen LogP contribution < -0.4 is 9.47 Å². The lowest BCUT2D eigenvalue weighted by Gasteiger charge is -2.11. The Bertz CT molecular complexity index is 959. The summed E-state index contributed by atoms with van der Waals surface area (Å²) in [6, 6.07) is 18.3. The lowest BCUT2D eigenvalue weighted by molar-refractivity contribution is 0.0591. The van der Waals surface area contributed by atoms with E-state index in [1.165, 1.54) is 14.2 Å². The molecule has 3 aromatic carbocycles. The van der Waals surface area contributed by atoms with Gasteiger partial charge in [0.2, 0.25) is 0 Å². The van der Waals surface area contributed by atoms with E-state index in [0.29, 0.717) is 22.6 Å². The summed E-state index contributed by atoms with van der Waals surface area (Å²) in [6.07, 6.45) is 0. The Morgan fingerprint density at radius 3 is 1.42 bits per heavy atom. The van der Waals surface area contributed by atoms with E-state index < -0.39 is 11.9 Å². The van der Waals surface area contributed by atoms with Crippen molar-refractivity contribution in [2.45, 2.75) is 13.2 Å². The predicted molar refractivity (Wildman–Crippen MR) is 112 cm³/mol. The van der Waals surface area contributed by atoms with E-state index in [9.17, 15) is 14.7 Å². The molecule has 0 saturated carbocycles. The molecule has 0 heterocycles. The lowest BCUT2D eigenvalue weighted by Crippen LogP contribution is -2.02. The Kier molecular flexibility index (Phi) is 7.11. The Morgan fingerprint density at radius 1 is 0.677 bits per heavy atom. The maximum Gasteiger partial charge on any atom is 0.337 e. The van der Waals surface area contributed by atoms with Crippen molar-refractivity contribution in [1.82, 2.24) is 0 Å². The monoisotopic (exact) mass is 422 g/mol. The molecular formula is C24H22O7. The number of hydrogen-bond acceptors (Lipinski definition) is 7. The van der Waals surface area contributed by atoms with Crippen LogP contribution in [0.4, 0.5) is 0 Å². The van der Waals surface area contributed by atoms with Crippen molar-refractivity contribution >= 4 is 11.9 Å². The van der Waals surface area contributed by atoms with Crippen LogP contribution >= 0.6 is 0 Å². The van der Waals surface area contributed by atoms with Crippen molar-refractivity contribution in [1.29, 1.82) is 0 Å². The van der Waals surface area contributed by atoms with Gasteiger partial charge >= 0.3 is 11.9 Å². The standard InChI is InChI=1S/C24H22O7/c1-28-23(26)18-3-7-21(8-4-18)30-14-16-11-17(13-20(25)12-16)15-31-22-9-5-19(6-10-22)24(27)29-2/h3-13,25H,14-15H2,1-2H3. The second kappa shape index (κ2) is 10.2. The zero-order valence-electron chi connectivity index (χ0n) is 17.2. The van der Waals surface area contributed by atoms with Crippen molar-refractivity contribution in [2.75, 3.05) is 14.2 Å². The number of esters is 2. The highest BCUT2D eigenvalue weighted by Crippen LogP contribution is 2.21. The van der Waals surface area contributed by atoms with E-state index in [2.05, 4.69) is 9.47 Å². The fourth-order valence-electron chi connectivity index (χ4n) is 2.85. The molecule has 0 spiro atoms. The number of ether oxygens (including phenoxy) is 4. The summed E-state index contributed by atoms with van der Waals surface area (Å²) in [4.78, 5) is 23.0. The number of rotatable bonds is 8. The molecule has 0 fully saturated rings. The molecule has 3 rings (SSSR count). The van der Waals surface area contributed by atoms with E-state index in [1.54, 1.807) is 60.7 Å². The molecule has 0 aliphatic heterocycles. The van der Waals surface area contributed by atoms with Gasteiger partial charge in [-0.05, 0) is 77.9 Å². The molecule has 7 nitrogen and oxygen atoms in total. The number of benzene rings is 3. The largest absolute Gasteiger partial charge is 0.508 e. The maximum absolute atomic E-state index is 11.5.